The summed E-state index contributed by atoms with van der Waals surface area (Å²) in [6.45, 7) is 4.92. The van der Waals surface area contributed by atoms with Crippen LogP contribution in [0.4, 0.5) is 4.39 Å². The van der Waals surface area contributed by atoms with E-state index in [1.165, 1.54) is 5.56 Å². The second-order valence-corrected chi connectivity index (χ2v) is 5.31. The van der Waals surface area contributed by atoms with Crippen molar-refractivity contribution < 1.29 is 9.13 Å². The fourth-order valence-corrected chi connectivity index (χ4v) is 2.76. The molecular formula is C15H22FNO. The van der Waals surface area contributed by atoms with Crippen LogP contribution in [0.25, 0.3) is 0 Å². The van der Waals surface area contributed by atoms with Crippen molar-refractivity contribution in [1.29, 1.82) is 0 Å². The van der Waals surface area contributed by atoms with Crippen molar-refractivity contribution >= 4 is 0 Å². The van der Waals surface area contributed by atoms with Crippen LogP contribution in [0.1, 0.15) is 24.5 Å². The molecule has 1 N–H and O–H groups in total. The number of hydrogen-bond acceptors (Lipinski definition) is 2. The molecule has 3 atom stereocenters. The zero-order chi connectivity index (χ0) is 13.1. The Balaban J connectivity index is 2.05. The van der Waals surface area contributed by atoms with Crippen LogP contribution >= 0.6 is 0 Å². The Morgan fingerprint density at radius 3 is 2.83 bits per heavy atom. The number of benzene rings is 1. The van der Waals surface area contributed by atoms with E-state index in [4.69, 9.17) is 4.74 Å². The van der Waals surface area contributed by atoms with Crippen molar-refractivity contribution in [2.24, 2.45) is 5.92 Å². The van der Waals surface area contributed by atoms with Crippen LogP contribution < -0.4 is 5.32 Å². The minimum absolute atomic E-state index is 0.157. The maximum Gasteiger partial charge on any atom is 0.123 e. The van der Waals surface area contributed by atoms with Gasteiger partial charge in [0.1, 0.15) is 5.82 Å². The molecule has 0 radical (unpaired) electrons. The lowest BCUT2D eigenvalue weighted by Crippen LogP contribution is -2.36. The van der Waals surface area contributed by atoms with E-state index in [0.717, 1.165) is 25.0 Å². The van der Waals surface area contributed by atoms with E-state index in [0.29, 0.717) is 18.1 Å². The molecule has 18 heavy (non-hydrogen) atoms. The molecule has 1 heterocycles. The average molecular weight is 251 g/mol. The number of nitrogens with one attached hydrogen (secondary N) is 1. The third-order valence-corrected chi connectivity index (χ3v) is 3.91. The number of likely N-dealkylation sites (N-methyl/N-ethyl adjacent to an activating group) is 1. The van der Waals surface area contributed by atoms with Gasteiger partial charge in [-0.1, -0.05) is 6.07 Å². The van der Waals surface area contributed by atoms with E-state index >= 15 is 0 Å². The molecule has 3 heteroatoms. The molecular weight excluding hydrogens is 229 g/mol. The molecule has 0 amide bonds. The predicted molar refractivity (Wildman–Crippen MR) is 71.2 cm³/mol. The van der Waals surface area contributed by atoms with Gasteiger partial charge in [-0.15, -0.1) is 0 Å². The highest BCUT2D eigenvalue weighted by Gasteiger charge is 2.28. The molecule has 2 nitrogen and oxygen atoms in total. The molecule has 0 aliphatic carbocycles. The van der Waals surface area contributed by atoms with Gasteiger partial charge in [0.25, 0.3) is 0 Å². The molecule has 1 aromatic carbocycles. The van der Waals surface area contributed by atoms with E-state index in [9.17, 15) is 4.39 Å². The Labute approximate surface area is 109 Å². The topological polar surface area (TPSA) is 21.3 Å². The van der Waals surface area contributed by atoms with Crippen LogP contribution in [-0.2, 0) is 11.2 Å². The van der Waals surface area contributed by atoms with Gasteiger partial charge in [0.05, 0.1) is 12.7 Å². The molecule has 1 saturated heterocycles. The van der Waals surface area contributed by atoms with Gasteiger partial charge in [-0.3, -0.25) is 0 Å². The first-order valence-electron chi connectivity index (χ1n) is 6.64. The maximum atomic E-state index is 13.1. The van der Waals surface area contributed by atoms with Crippen LogP contribution in [0.3, 0.4) is 0 Å². The quantitative estimate of drug-likeness (QED) is 0.888. The number of hydrogen-bond donors (Lipinski definition) is 1. The van der Waals surface area contributed by atoms with Crippen molar-refractivity contribution in [3.05, 3.63) is 35.1 Å². The molecule has 0 bridgehead atoms. The minimum Gasteiger partial charge on any atom is -0.378 e. The van der Waals surface area contributed by atoms with E-state index in [1.54, 1.807) is 12.1 Å². The lowest BCUT2D eigenvalue weighted by atomic mass is 9.90. The van der Waals surface area contributed by atoms with Gasteiger partial charge in [-0.05, 0) is 57.0 Å². The van der Waals surface area contributed by atoms with Crippen LogP contribution in [-0.4, -0.2) is 25.8 Å². The number of ether oxygens (including phenoxy) is 1. The average Bonchev–Trinajstić information content (AvgIpc) is 2.75. The Kier molecular flexibility index (Phi) is 4.36. The Morgan fingerprint density at radius 1 is 1.50 bits per heavy atom. The van der Waals surface area contributed by atoms with E-state index in [-0.39, 0.29) is 5.82 Å². The maximum absolute atomic E-state index is 13.1. The van der Waals surface area contributed by atoms with Crippen LogP contribution in [0, 0.1) is 18.7 Å². The van der Waals surface area contributed by atoms with Crippen molar-refractivity contribution in [1.82, 2.24) is 5.32 Å². The van der Waals surface area contributed by atoms with Gasteiger partial charge in [0, 0.05) is 12.0 Å². The summed E-state index contributed by atoms with van der Waals surface area (Å²) in [4.78, 5) is 0. The largest absolute Gasteiger partial charge is 0.378 e. The van der Waals surface area contributed by atoms with Crippen molar-refractivity contribution in [3.8, 4) is 0 Å². The Bertz CT molecular complexity index is 407. The molecule has 100 valence electrons. The first-order chi connectivity index (χ1) is 8.60. The van der Waals surface area contributed by atoms with E-state index < -0.39 is 0 Å². The van der Waals surface area contributed by atoms with Gasteiger partial charge in [-0.2, -0.15) is 0 Å². The van der Waals surface area contributed by atoms with Crippen molar-refractivity contribution in [2.45, 2.75) is 38.8 Å². The summed E-state index contributed by atoms with van der Waals surface area (Å²) in [5, 5.41) is 3.38. The number of aryl methyl sites for hydroxylation is 1. The van der Waals surface area contributed by atoms with E-state index in [1.807, 2.05) is 20.0 Å². The molecule has 0 aromatic heterocycles. The normalized spacial score (nSPS) is 25.3. The van der Waals surface area contributed by atoms with Crippen molar-refractivity contribution in [2.75, 3.05) is 13.7 Å². The third-order valence-electron chi connectivity index (χ3n) is 3.91. The zero-order valence-corrected chi connectivity index (χ0v) is 11.4. The van der Waals surface area contributed by atoms with Gasteiger partial charge in [0.15, 0.2) is 0 Å². The Morgan fingerprint density at radius 2 is 2.28 bits per heavy atom. The molecule has 1 aliphatic rings. The highest BCUT2D eigenvalue weighted by Crippen LogP contribution is 2.25. The molecule has 2 rings (SSSR count). The smallest absolute Gasteiger partial charge is 0.123 e. The summed E-state index contributed by atoms with van der Waals surface area (Å²) in [7, 11) is 1.99. The standard InChI is InChI=1S/C15H22FNO/c1-10-6-14(16)5-4-12(10)8-15(17-3)13-7-11(2)18-9-13/h4-6,11,13,15,17H,7-9H2,1-3H3. The fraction of sp³-hybridized carbons (Fsp3) is 0.600. The molecule has 1 aromatic rings. The molecule has 3 unspecified atom stereocenters. The summed E-state index contributed by atoms with van der Waals surface area (Å²) < 4.78 is 18.7. The molecule has 1 fully saturated rings. The van der Waals surface area contributed by atoms with Gasteiger partial charge < -0.3 is 10.1 Å². The summed E-state index contributed by atoms with van der Waals surface area (Å²) >= 11 is 0. The minimum atomic E-state index is -0.157. The number of halogens is 1. The lowest BCUT2D eigenvalue weighted by Gasteiger charge is -2.23. The summed E-state index contributed by atoms with van der Waals surface area (Å²) in [5.74, 6) is 0.393. The first kappa shape index (κ1) is 13.5. The highest BCUT2D eigenvalue weighted by atomic mass is 19.1. The highest BCUT2D eigenvalue weighted by molar-refractivity contribution is 5.27. The zero-order valence-electron chi connectivity index (χ0n) is 11.4. The molecule has 0 spiro atoms. The SMILES string of the molecule is CNC(Cc1ccc(F)cc1C)C1COC(C)C1. The summed E-state index contributed by atoms with van der Waals surface area (Å²) in [5.41, 5.74) is 2.25. The van der Waals surface area contributed by atoms with E-state index in [2.05, 4.69) is 12.2 Å². The van der Waals surface area contributed by atoms with Gasteiger partial charge >= 0.3 is 0 Å². The van der Waals surface area contributed by atoms with Crippen LogP contribution in [0.5, 0.6) is 0 Å². The van der Waals surface area contributed by atoms with Crippen LogP contribution in [0.15, 0.2) is 18.2 Å². The Hall–Kier alpha value is -0.930. The monoisotopic (exact) mass is 251 g/mol. The molecule has 1 aliphatic heterocycles. The lowest BCUT2D eigenvalue weighted by molar-refractivity contribution is 0.117. The second kappa shape index (κ2) is 5.81. The third kappa shape index (κ3) is 3.09. The number of rotatable bonds is 4. The van der Waals surface area contributed by atoms with Gasteiger partial charge in [-0.25, -0.2) is 4.39 Å². The predicted octanol–water partition coefficient (Wildman–Crippen LogP) is 2.69. The molecule has 0 saturated carbocycles. The summed E-state index contributed by atoms with van der Waals surface area (Å²) in [6, 6.07) is 5.45. The van der Waals surface area contributed by atoms with Gasteiger partial charge in [0.2, 0.25) is 0 Å². The van der Waals surface area contributed by atoms with Crippen LogP contribution in [0.2, 0.25) is 0 Å². The second-order valence-electron chi connectivity index (χ2n) is 5.31. The first-order valence-corrected chi connectivity index (χ1v) is 6.64. The van der Waals surface area contributed by atoms with Crippen molar-refractivity contribution in [3.63, 3.8) is 0 Å². The summed E-state index contributed by atoms with van der Waals surface area (Å²) in [6.07, 6.45) is 2.40. The fourth-order valence-electron chi connectivity index (χ4n) is 2.76.